The van der Waals surface area contributed by atoms with Crippen LogP contribution in [0.3, 0.4) is 0 Å². The molecule has 1 saturated carbocycles. The summed E-state index contributed by atoms with van der Waals surface area (Å²) in [6, 6.07) is 2.09. The molecule has 1 aliphatic carbocycles. The number of rotatable bonds is 5. The van der Waals surface area contributed by atoms with Crippen molar-refractivity contribution in [3.05, 3.63) is 11.4 Å². The van der Waals surface area contributed by atoms with Gasteiger partial charge in [-0.05, 0) is 23.8 Å². The molecule has 102 valence electrons. The third-order valence-corrected chi connectivity index (χ3v) is 4.68. The maximum Gasteiger partial charge on any atom is 0.225 e. The second kappa shape index (κ2) is 5.74. The lowest BCUT2D eigenvalue weighted by atomic mass is 10.0. The van der Waals surface area contributed by atoms with Crippen molar-refractivity contribution < 1.29 is 0 Å². The molecule has 0 bridgehead atoms. The summed E-state index contributed by atoms with van der Waals surface area (Å²) < 4.78 is 0. The molecule has 2 aromatic rings. The van der Waals surface area contributed by atoms with E-state index in [0.29, 0.717) is 5.95 Å². The van der Waals surface area contributed by atoms with Gasteiger partial charge in [-0.2, -0.15) is 4.98 Å². The Bertz CT molecular complexity index is 545. The van der Waals surface area contributed by atoms with E-state index < -0.39 is 0 Å². The molecule has 0 spiro atoms. The zero-order valence-electron chi connectivity index (χ0n) is 11.3. The largest absolute Gasteiger partial charge is 0.369 e. The third kappa shape index (κ3) is 2.81. The molecule has 0 saturated heterocycles. The van der Waals surface area contributed by atoms with Gasteiger partial charge in [0.1, 0.15) is 10.6 Å². The normalized spacial score (nSPS) is 16.1. The molecule has 0 radical (unpaired) electrons. The smallest absolute Gasteiger partial charge is 0.225 e. The zero-order valence-corrected chi connectivity index (χ0v) is 12.1. The van der Waals surface area contributed by atoms with Crippen LogP contribution >= 0.6 is 11.3 Å². The summed E-state index contributed by atoms with van der Waals surface area (Å²) in [7, 11) is 1.86. The van der Waals surface area contributed by atoms with Gasteiger partial charge in [-0.3, -0.25) is 0 Å². The molecule has 0 atom stereocenters. The molecule has 2 heterocycles. The van der Waals surface area contributed by atoms with Crippen molar-refractivity contribution >= 4 is 33.3 Å². The van der Waals surface area contributed by atoms with Gasteiger partial charge in [-0.15, -0.1) is 11.3 Å². The second-order valence-electron chi connectivity index (χ2n) is 5.15. The van der Waals surface area contributed by atoms with Gasteiger partial charge >= 0.3 is 0 Å². The average molecular weight is 276 g/mol. The minimum absolute atomic E-state index is 0.693. The molecule has 2 aromatic heterocycles. The van der Waals surface area contributed by atoms with E-state index in [9.17, 15) is 0 Å². The van der Waals surface area contributed by atoms with E-state index in [0.717, 1.165) is 28.5 Å². The summed E-state index contributed by atoms with van der Waals surface area (Å²) in [6.07, 6.45) is 6.89. The number of anilines is 2. The van der Waals surface area contributed by atoms with E-state index in [1.165, 1.54) is 32.1 Å². The van der Waals surface area contributed by atoms with Crippen molar-refractivity contribution in [2.24, 2.45) is 5.92 Å². The summed E-state index contributed by atoms with van der Waals surface area (Å²) in [5, 5.41) is 9.72. The Labute approximate surface area is 117 Å². The van der Waals surface area contributed by atoms with Crippen LogP contribution in [-0.4, -0.2) is 23.6 Å². The van der Waals surface area contributed by atoms with Crippen molar-refractivity contribution in [1.82, 2.24) is 9.97 Å². The van der Waals surface area contributed by atoms with Crippen LogP contribution in [0, 0.1) is 5.92 Å². The minimum atomic E-state index is 0.693. The van der Waals surface area contributed by atoms with Crippen molar-refractivity contribution in [3.63, 3.8) is 0 Å². The summed E-state index contributed by atoms with van der Waals surface area (Å²) >= 11 is 1.66. The average Bonchev–Trinajstić information content (AvgIpc) is 3.08. The van der Waals surface area contributed by atoms with Crippen molar-refractivity contribution in [2.45, 2.75) is 32.1 Å². The van der Waals surface area contributed by atoms with Crippen molar-refractivity contribution in [3.8, 4) is 0 Å². The van der Waals surface area contributed by atoms with Gasteiger partial charge in [0.2, 0.25) is 5.95 Å². The Morgan fingerprint density at radius 2 is 2.16 bits per heavy atom. The Hall–Kier alpha value is -1.36. The molecule has 4 nitrogen and oxygen atoms in total. The van der Waals surface area contributed by atoms with Crippen LogP contribution in [0.1, 0.15) is 32.1 Å². The van der Waals surface area contributed by atoms with E-state index in [1.54, 1.807) is 11.3 Å². The maximum absolute atomic E-state index is 4.53. The summed E-state index contributed by atoms with van der Waals surface area (Å²) in [4.78, 5) is 10.0. The molecule has 2 N–H and O–H groups in total. The van der Waals surface area contributed by atoms with Gasteiger partial charge in [0, 0.05) is 13.6 Å². The van der Waals surface area contributed by atoms with Gasteiger partial charge in [0.05, 0.1) is 5.39 Å². The number of aromatic nitrogens is 2. The van der Waals surface area contributed by atoms with Crippen molar-refractivity contribution in [2.75, 3.05) is 24.2 Å². The zero-order chi connectivity index (χ0) is 13.1. The summed E-state index contributed by atoms with van der Waals surface area (Å²) in [6.45, 7) is 1.01. The Balaban J connectivity index is 1.70. The van der Waals surface area contributed by atoms with E-state index in [2.05, 4.69) is 32.0 Å². The lowest BCUT2D eigenvalue weighted by Gasteiger charge is -2.11. The number of fused-ring (bicyclic) bond motifs is 1. The van der Waals surface area contributed by atoms with Crippen LogP contribution in [0.25, 0.3) is 10.2 Å². The molecule has 0 amide bonds. The summed E-state index contributed by atoms with van der Waals surface area (Å²) in [5.41, 5.74) is 0. The fourth-order valence-electron chi connectivity index (χ4n) is 2.80. The Kier molecular flexibility index (Phi) is 3.82. The number of hydrogen-bond acceptors (Lipinski definition) is 5. The first-order valence-corrected chi connectivity index (χ1v) is 7.91. The lowest BCUT2D eigenvalue weighted by molar-refractivity contribution is 0.518. The molecule has 1 fully saturated rings. The molecule has 3 rings (SSSR count). The lowest BCUT2D eigenvalue weighted by Crippen LogP contribution is -2.09. The molecular weight excluding hydrogens is 256 g/mol. The highest BCUT2D eigenvalue weighted by Crippen LogP contribution is 2.29. The molecule has 1 aliphatic rings. The predicted molar refractivity (Wildman–Crippen MR) is 82.0 cm³/mol. The van der Waals surface area contributed by atoms with Gasteiger partial charge in [0.15, 0.2) is 0 Å². The Morgan fingerprint density at radius 3 is 2.95 bits per heavy atom. The van der Waals surface area contributed by atoms with Crippen LogP contribution in [-0.2, 0) is 0 Å². The Morgan fingerprint density at radius 1 is 1.32 bits per heavy atom. The number of hydrogen-bond donors (Lipinski definition) is 2. The number of thiophene rings is 1. The third-order valence-electron chi connectivity index (χ3n) is 3.87. The maximum atomic E-state index is 4.53. The van der Waals surface area contributed by atoms with E-state index in [1.807, 2.05) is 7.05 Å². The van der Waals surface area contributed by atoms with Crippen molar-refractivity contribution in [1.29, 1.82) is 0 Å². The van der Waals surface area contributed by atoms with Gasteiger partial charge in [-0.25, -0.2) is 4.98 Å². The fourth-order valence-corrected chi connectivity index (χ4v) is 3.56. The first-order chi connectivity index (χ1) is 9.36. The molecule has 19 heavy (non-hydrogen) atoms. The van der Waals surface area contributed by atoms with Crippen LogP contribution in [0.15, 0.2) is 11.4 Å². The molecule has 0 unspecified atom stereocenters. The molecular formula is C14H20N4S. The van der Waals surface area contributed by atoms with Crippen LogP contribution in [0.5, 0.6) is 0 Å². The topological polar surface area (TPSA) is 49.8 Å². The summed E-state index contributed by atoms with van der Waals surface area (Å²) in [5.74, 6) is 2.57. The SMILES string of the molecule is CNc1nc(NCCC2CCCC2)c2ccsc2n1. The van der Waals surface area contributed by atoms with Gasteiger partial charge in [0.25, 0.3) is 0 Å². The monoisotopic (exact) mass is 276 g/mol. The second-order valence-corrected chi connectivity index (χ2v) is 6.05. The highest BCUT2D eigenvalue weighted by atomic mass is 32.1. The predicted octanol–water partition coefficient (Wildman–Crippen LogP) is 3.73. The van der Waals surface area contributed by atoms with Gasteiger partial charge in [-0.1, -0.05) is 25.7 Å². The minimum Gasteiger partial charge on any atom is -0.369 e. The quantitative estimate of drug-likeness (QED) is 0.873. The van der Waals surface area contributed by atoms with Crippen LogP contribution < -0.4 is 10.6 Å². The first-order valence-electron chi connectivity index (χ1n) is 7.03. The standard InChI is InChI=1S/C14H20N4S/c1-15-14-17-12(11-7-9-19-13(11)18-14)16-8-6-10-4-2-3-5-10/h7,9-10H,2-6,8H2,1H3,(H2,15,16,17,18). The van der Waals surface area contributed by atoms with E-state index in [4.69, 9.17) is 0 Å². The molecule has 0 aromatic carbocycles. The van der Waals surface area contributed by atoms with Crippen LogP contribution in [0.2, 0.25) is 0 Å². The van der Waals surface area contributed by atoms with Gasteiger partial charge < -0.3 is 10.6 Å². The highest BCUT2D eigenvalue weighted by molar-refractivity contribution is 7.16. The van der Waals surface area contributed by atoms with E-state index in [-0.39, 0.29) is 0 Å². The van der Waals surface area contributed by atoms with Crippen LogP contribution in [0.4, 0.5) is 11.8 Å². The molecule has 0 aliphatic heterocycles. The highest BCUT2D eigenvalue weighted by Gasteiger charge is 2.15. The number of nitrogens with zero attached hydrogens (tertiary/aromatic N) is 2. The number of nitrogens with one attached hydrogen (secondary N) is 2. The first kappa shape index (κ1) is 12.7. The molecule has 5 heteroatoms. The van der Waals surface area contributed by atoms with E-state index >= 15 is 0 Å². The fraction of sp³-hybridized carbons (Fsp3) is 0.571.